The molecule has 0 saturated carbocycles. The number of carbonyl (C=O) groups excluding carboxylic acids is 2. The normalized spacial score (nSPS) is 10.4. The molecular formula is C18H18N4O4. The van der Waals surface area contributed by atoms with Crippen LogP contribution in [0.25, 0.3) is 0 Å². The summed E-state index contributed by atoms with van der Waals surface area (Å²) in [7, 11) is 1.63. The van der Waals surface area contributed by atoms with Crippen LogP contribution in [-0.2, 0) is 7.05 Å². The molecular weight excluding hydrogens is 336 g/mol. The van der Waals surface area contributed by atoms with Crippen molar-refractivity contribution in [3.8, 4) is 5.75 Å². The maximum Gasteiger partial charge on any atom is 0.292 e. The average molecular weight is 354 g/mol. The Morgan fingerprint density at radius 3 is 2.58 bits per heavy atom. The van der Waals surface area contributed by atoms with E-state index in [0.717, 1.165) is 5.75 Å². The maximum absolute atomic E-state index is 12.4. The zero-order valence-corrected chi connectivity index (χ0v) is 14.4. The number of rotatable bonds is 6. The number of nitrogens with one attached hydrogen (secondary N) is 2. The van der Waals surface area contributed by atoms with Gasteiger partial charge in [-0.15, -0.1) is 0 Å². The van der Waals surface area contributed by atoms with Gasteiger partial charge in [0.15, 0.2) is 11.5 Å². The lowest BCUT2D eigenvalue weighted by molar-refractivity contribution is 0.0993. The molecule has 0 atom stereocenters. The number of carbonyl (C=O) groups is 2. The molecule has 2 amide bonds. The van der Waals surface area contributed by atoms with Crippen LogP contribution < -0.4 is 15.4 Å². The highest BCUT2D eigenvalue weighted by atomic mass is 16.5. The Kier molecular flexibility index (Phi) is 5.02. The number of anilines is 2. The first kappa shape index (κ1) is 17.3. The molecule has 0 bridgehead atoms. The maximum atomic E-state index is 12.4. The molecule has 0 saturated heterocycles. The van der Waals surface area contributed by atoms with Crippen LogP contribution in [-0.4, -0.2) is 28.2 Å². The third-order valence-electron chi connectivity index (χ3n) is 3.52. The summed E-state index contributed by atoms with van der Waals surface area (Å²) < 4.78 is 11.8. The number of nitrogens with zero attached hydrogens (tertiary/aromatic N) is 2. The van der Waals surface area contributed by atoms with Gasteiger partial charge in [-0.05, 0) is 43.3 Å². The Labute approximate surface area is 149 Å². The minimum atomic E-state index is -0.420. The van der Waals surface area contributed by atoms with Gasteiger partial charge < -0.3 is 19.8 Å². The Balaban J connectivity index is 1.67. The van der Waals surface area contributed by atoms with Crippen molar-refractivity contribution in [2.45, 2.75) is 6.92 Å². The van der Waals surface area contributed by atoms with E-state index in [4.69, 9.17) is 9.15 Å². The van der Waals surface area contributed by atoms with Crippen LogP contribution in [0.2, 0.25) is 0 Å². The summed E-state index contributed by atoms with van der Waals surface area (Å²) in [6.45, 7) is 2.48. The Morgan fingerprint density at radius 1 is 1.15 bits per heavy atom. The number of amides is 2. The largest absolute Gasteiger partial charge is 0.494 e. The van der Waals surface area contributed by atoms with Crippen LogP contribution in [0.5, 0.6) is 5.75 Å². The van der Waals surface area contributed by atoms with Crippen LogP contribution in [0.4, 0.5) is 11.5 Å². The summed E-state index contributed by atoms with van der Waals surface area (Å²) in [5, 5.41) is 9.51. The summed E-state index contributed by atoms with van der Waals surface area (Å²) in [6.07, 6.45) is 1.41. The van der Waals surface area contributed by atoms with Gasteiger partial charge >= 0.3 is 0 Å². The molecule has 1 aromatic carbocycles. The van der Waals surface area contributed by atoms with Crippen LogP contribution in [0, 0.1) is 0 Å². The van der Waals surface area contributed by atoms with Gasteiger partial charge in [0.2, 0.25) is 0 Å². The van der Waals surface area contributed by atoms with Gasteiger partial charge in [0, 0.05) is 18.8 Å². The molecule has 0 aliphatic heterocycles. The minimum Gasteiger partial charge on any atom is -0.494 e. The zero-order chi connectivity index (χ0) is 18.5. The number of aromatic nitrogens is 2. The van der Waals surface area contributed by atoms with E-state index in [1.165, 1.54) is 17.0 Å². The molecule has 0 fully saturated rings. The van der Waals surface area contributed by atoms with E-state index in [2.05, 4.69) is 15.7 Å². The smallest absolute Gasteiger partial charge is 0.292 e. The first-order valence-corrected chi connectivity index (χ1v) is 8.00. The van der Waals surface area contributed by atoms with Gasteiger partial charge in [0.1, 0.15) is 11.6 Å². The van der Waals surface area contributed by atoms with E-state index in [1.54, 1.807) is 43.4 Å². The van der Waals surface area contributed by atoms with Gasteiger partial charge in [-0.25, -0.2) is 0 Å². The highest BCUT2D eigenvalue weighted by Gasteiger charge is 2.16. The van der Waals surface area contributed by atoms with Crippen molar-refractivity contribution in [2.75, 3.05) is 17.2 Å². The molecule has 8 heteroatoms. The molecule has 2 aromatic heterocycles. The number of ether oxygens (including phenoxy) is 1. The average Bonchev–Trinajstić information content (AvgIpc) is 3.27. The van der Waals surface area contributed by atoms with E-state index in [9.17, 15) is 9.59 Å². The number of aryl methyl sites for hydroxylation is 1. The summed E-state index contributed by atoms with van der Waals surface area (Å²) >= 11 is 0. The molecule has 0 spiro atoms. The first-order valence-electron chi connectivity index (χ1n) is 8.00. The lowest BCUT2D eigenvalue weighted by Crippen LogP contribution is -2.13. The van der Waals surface area contributed by atoms with E-state index >= 15 is 0 Å². The molecule has 134 valence electrons. The molecule has 0 radical (unpaired) electrons. The molecule has 0 aliphatic rings. The van der Waals surface area contributed by atoms with Gasteiger partial charge in [-0.3, -0.25) is 14.3 Å². The van der Waals surface area contributed by atoms with Crippen molar-refractivity contribution in [1.29, 1.82) is 0 Å². The second-order valence-corrected chi connectivity index (χ2v) is 5.38. The molecule has 26 heavy (non-hydrogen) atoms. The van der Waals surface area contributed by atoms with Crippen LogP contribution in [0.1, 0.15) is 28.0 Å². The van der Waals surface area contributed by atoms with Crippen LogP contribution >= 0.6 is 0 Å². The fourth-order valence-corrected chi connectivity index (χ4v) is 2.28. The van der Waals surface area contributed by atoms with Crippen molar-refractivity contribution in [3.63, 3.8) is 0 Å². The number of hydrogen-bond donors (Lipinski definition) is 2. The van der Waals surface area contributed by atoms with Crippen molar-refractivity contribution < 1.29 is 18.7 Å². The highest BCUT2D eigenvalue weighted by molar-refractivity contribution is 6.05. The van der Waals surface area contributed by atoms with E-state index in [-0.39, 0.29) is 17.4 Å². The van der Waals surface area contributed by atoms with Gasteiger partial charge in [0.05, 0.1) is 12.9 Å². The van der Waals surface area contributed by atoms with Crippen molar-refractivity contribution in [3.05, 3.63) is 60.2 Å². The molecule has 2 heterocycles. The summed E-state index contributed by atoms with van der Waals surface area (Å²) in [6, 6.07) is 11.7. The fraction of sp³-hybridized carbons (Fsp3) is 0.167. The second-order valence-electron chi connectivity index (χ2n) is 5.38. The van der Waals surface area contributed by atoms with Gasteiger partial charge in [-0.2, -0.15) is 5.10 Å². The molecule has 3 aromatic rings. The SMILES string of the molecule is CCOc1ccc(NC(=O)c2cc(NC(=O)c3ccco3)n(C)n2)cc1. The van der Waals surface area contributed by atoms with E-state index in [1.807, 2.05) is 6.92 Å². The number of hydrogen-bond acceptors (Lipinski definition) is 5. The first-order chi connectivity index (χ1) is 12.6. The molecule has 8 nitrogen and oxygen atoms in total. The van der Waals surface area contributed by atoms with Crippen molar-refractivity contribution in [1.82, 2.24) is 9.78 Å². The summed E-state index contributed by atoms with van der Waals surface area (Å²) in [5.74, 6) is 0.473. The van der Waals surface area contributed by atoms with E-state index in [0.29, 0.717) is 18.1 Å². The zero-order valence-electron chi connectivity index (χ0n) is 14.4. The quantitative estimate of drug-likeness (QED) is 0.709. The topological polar surface area (TPSA) is 98.4 Å². The predicted octanol–water partition coefficient (Wildman–Crippen LogP) is 2.92. The van der Waals surface area contributed by atoms with Crippen molar-refractivity contribution in [2.24, 2.45) is 7.05 Å². The standard InChI is InChI=1S/C18H18N4O4/c1-3-25-13-8-6-12(7-9-13)19-17(23)14-11-16(22(2)21-14)20-18(24)15-5-4-10-26-15/h4-11H,3H2,1-2H3,(H,19,23)(H,20,24). The summed E-state index contributed by atoms with van der Waals surface area (Å²) in [5.41, 5.74) is 0.793. The fourth-order valence-electron chi connectivity index (χ4n) is 2.28. The highest BCUT2D eigenvalue weighted by Crippen LogP contribution is 2.17. The van der Waals surface area contributed by atoms with Crippen molar-refractivity contribution >= 4 is 23.3 Å². The van der Waals surface area contributed by atoms with Gasteiger partial charge in [0.25, 0.3) is 11.8 Å². The predicted molar refractivity (Wildman–Crippen MR) is 95.4 cm³/mol. The van der Waals surface area contributed by atoms with Gasteiger partial charge in [-0.1, -0.05) is 0 Å². The molecule has 3 rings (SSSR count). The lowest BCUT2D eigenvalue weighted by atomic mass is 10.3. The third kappa shape index (κ3) is 3.92. The summed E-state index contributed by atoms with van der Waals surface area (Å²) in [4.78, 5) is 24.4. The van der Waals surface area contributed by atoms with E-state index < -0.39 is 5.91 Å². The monoisotopic (exact) mass is 354 g/mol. The molecule has 0 unspecified atom stereocenters. The Morgan fingerprint density at radius 2 is 1.92 bits per heavy atom. The minimum absolute atomic E-state index is 0.173. The second kappa shape index (κ2) is 7.56. The molecule has 2 N–H and O–H groups in total. The van der Waals surface area contributed by atoms with Crippen LogP contribution in [0.3, 0.4) is 0 Å². The number of furan rings is 1. The lowest BCUT2D eigenvalue weighted by Gasteiger charge is -2.05. The Hall–Kier alpha value is -3.55. The van der Waals surface area contributed by atoms with Crippen LogP contribution in [0.15, 0.2) is 53.1 Å². The number of benzene rings is 1. The third-order valence-corrected chi connectivity index (χ3v) is 3.52. The Bertz CT molecular complexity index is 898. The molecule has 0 aliphatic carbocycles.